The van der Waals surface area contributed by atoms with Crippen molar-refractivity contribution in [2.75, 3.05) is 38.2 Å². The summed E-state index contributed by atoms with van der Waals surface area (Å²) in [5, 5.41) is 4.94. The summed E-state index contributed by atoms with van der Waals surface area (Å²) in [4.78, 5) is 24.6. The number of aromatic amines is 2. The molecule has 1 saturated heterocycles. The molecule has 0 amide bonds. The van der Waals surface area contributed by atoms with E-state index < -0.39 is 0 Å². The van der Waals surface area contributed by atoms with Crippen LogP contribution in [0.15, 0.2) is 35.3 Å². The fourth-order valence-corrected chi connectivity index (χ4v) is 4.55. The number of aromatic nitrogens is 3. The van der Waals surface area contributed by atoms with Crippen molar-refractivity contribution in [1.82, 2.24) is 20.3 Å². The lowest BCUT2D eigenvalue weighted by Crippen LogP contribution is -2.43. The van der Waals surface area contributed by atoms with E-state index in [9.17, 15) is 4.79 Å². The average molecular weight is 424 g/mol. The summed E-state index contributed by atoms with van der Waals surface area (Å²) in [5.41, 5.74) is 5.87. The molecule has 8 heteroatoms. The van der Waals surface area contributed by atoms with Crippen molar-refractivity contribution in [2.24, 2.45) is 0 Å². The van der Waals surface area contributed by atoms with Crippen molar-refractivity contribution in [2.45, 2.75) is 6.92 Å². The molecule has 1 aliphatic rings. The number of piperazine rings is 1. The second-order valence-electron chi connectivity index (χ2n) is 7.52. The maximum absolute atomic E-state index is 11.9. The van der Waals surface area contributed by atoms with Gasteiger partial charge in [0.2, 0.25) is 0 Å². The number of nitrogens with one attached hydrogen (secondary N) is 3. The molecule has 0 radical (unpaired) electrons. The first-order chi connectivity index (χ1) is 14.6. The monoisotopic (exact) mass is 423 g/mol. The van der Waals surface area contributed by atoms with Crippen molar-refractivity contribution in [3.63, 3.8) is 0 Å². The van der Waals surface area contributed by atoms with Crippen LogP contribution in [0, 0.1) is 6.92 Å². The highest BCUT2D eigenvalue weighted by Gasteiger charge is 2.21. The largest absolute Gasteiger partial charge is 0.493 e. The molecular formula is C22H22ClN5O2. The van der Waals surface area contributed by atoms with Gasteiger partial charge in [-0.05, 0) is 30.7 Å². The molecule has 4 aromatic rings. The molecule has 3 N–H and O–H groups in total. The third-order valence-corrected chi connectivity index (χ3v) is 6.03. The Morgan fingerprint density at radius 1 is 1.17 bits per heavy atom. The number of methoxy groups -OCH3 is 1. The number of pyridine rings is 1. The summed E-state index contributed by atoms with van der Waals surface area (Å²) < 4.78 is 5.63. The minimum absolute atomic E-state index is 0.238. The Bertz CT molecular complexity index is 1320. The Kier molecular flexibility index (Phi) is 4.64. The predicted octanol–water partition coefficient (Wildman–Crippen LogP) is 3.45. The van der Waals surface area contributed by atoms with Crippen LogP contribution in [0.4, 0.5) is 5.69 Å². The van der Waals surface area contributed by atoms with E-state index >= 15 is 0 Å². The van der Waals surface area contributed by atoms with Gasteiger partial charge in [0.25, 0.3) is 0 Å². The molecule has 0 saturated carbocycles. The lowest BCUT2D eigenvalue weighted by atomic mass is 9.97. The summed E-state index contributed by atoms with van der Waals surface area (Å²) in [6.07, 6.45) is 1.77. The Hall–Kier alpha value is -3.03. The second-order valence-corrected chi connectivity index (χ2v) is 7.93. The first-order valence-corrected chi connectivity index (χ1v) is 10.3. The summed E-state index contributed by atoms with van der Waals surface area (Å²) in [7, 11) is 1.66. The molecule has 2 aromatic heterocycles. The van der Waals surface area contributed by atoms with Crippen molar-refractivity contribution >= 4 is 39.2 Å². The van der Waals surface area contributed by atoms with Crippen LogP contribution < -0.4 is 20.6 Å². The first-order valence-electron chi connectivity index (χ1n) is 9.90. The number of rotatable bonds is 3. The van der Waals surface area contributed by atoms with E-state index in [-0.39, 0.29) is 5.69 Å². The summed E-state index contributed by atoms with van der Waals surface area (Å²) in [5.74, 6) is 0.737. The normalized spacial score (nSPS) is 14.6. The van der Waals surface area contributed by atoms with Gasteiger partial charge in [0.05, 0.1) is 35.5 Å². The summed E-state index contributed by atoms with van der Waals surface area (Å²) in [6, 6.07) is 7.83. The molecule has 5 rings (SSSR count). The topological polar surface area (TPSA) is 86.0 Å². The van der Waals surface area contributed by atoms with E-state index in [0.29, 0.717) is 5.02 Å². The molecule has 0 atom stereocenters. The zero-order valence-electron chi connectivity index (χ0n) is 16.8. The lowest BCUT2D eigenvalue weighted by Gasteiger charge is -2.31. The zero-order valence-corrected chi connectivity index (χ0v) is 17.6. The predicted molar refractivity (Wildman–Crippen MR) is 121 cm³/mol. The van der Waals surface area contributed by atoms with Gasteiger partial charge in [-0.25, -0.2) is 4.79 Å². The van der Waals surface area contributed by atoms with Gasteiger partial charge < -0.3 is 24.9 Å². The van der Waals surface area contributed by atoms with Gasteiger partial charge in [0.1, 0.15) is 0 Å². The van der Waals surface area contributed by atoms with E-state index in [0.717, 1.165) is 76.2 Å². The van der Waals surface area contributed by atoms with Crippen molar-refractivity contribution in [3.05, 3.63) is 51.5 Å². The third-order valence-electron chi connectivity index (χ3n) is 5.72. The van der Waals surface area contributed by atoms with Crippen LogP contribution in [0.2, 0.25) is 5.02 Å². The van der Waals surface area contributed by atoms with Crippen LogP contribution in [-0.4, -0.2) is 48.2 Å². The van der Waals surface area contributed by atoms with Gasteiger partial charge in [-0.2, -0.15) is 0 Å². The van der Waals surface area contributed by atoms with Gasteiger partial charge in [-0.1, -0.05) is 17.7 Å². The van der Waals surface area contributed by atoms with Gasteiger partial charge in [-0.3, -0.25) is 4.98 Å². The van der Waals surface area contributed by atoms with Gasteiger partial charge in [0.15, 0.2) is 5.75 Å². The lowest BCUT2D eigenvalue weighted by molar-refractivity contribution is 0.412. The number of hydrogen-bond donors (Lipinski definition) is 3. The highest BCUT2D eigenvalue weighted by molar-refractivity contribution is 6.35. The minimum atomic E-state index is -0.238. The van der Waals surface area contributed by atoms with E-state index in [1.54, 1.807) is 13.3 Å². The fourth-order valence-electron chi connectivity index (χ4n) is 4.29. The molecule has 7 nitrogen and oxygen atoms in total. The fraction of sp³-hybridized carbons (Fsp3) is 0.273. The zero-order chi connectivity index (χ0) is 20.8. The Morgan fingerprint density at radius 3 is 2.73 bits per heavy atom. The highest BCUT2D eigenvalue weighted by Crippen LogP contribution is 2.41. The van der Waals surface area contributed by atoms with E-state index in [1.165, 1.54) is 0 Å². The molecule has 0 unspecified atom stereocenters. The minimum Gasteiger partial charge on any atom is -0.493 e. The highest BCUT2D eigenvalue weighted by atomic mass is 35.5. The Labute approximate surface area is 178 Å². The van der Waals surface area contributed by atoms with Crippen molar-refractivity contribution in [3.8, 4) is 16.9 Å². The molecule has 1 aliphatic heterocycles. The van der Waals surface area contributed by atoms with Gasteiger partial charge >= 0.3 is 5.69 Å². The van der Waals surface area contributed by atoms with Gasteiger partial charge in [0, 0.05) is 47.7 Å². The van der Waals surface area contributed by atoms with Crippen LogP contribution in [0.3, 0.4) is 0 Å². The molecular weight excluding hydrogens is 402 g/mol. The van der Waals surface area contributed by atoms with Crippen molar-refractivity contribution in [1.29, 1.82) is 0 Å². The number of H-pyrrole nitrogens is 2. The Balaban J connectivity index is 1.76. The van der Waals surface area contributed by atoms with Crippen LogP contribution in [0.5, 0.6) is 5.75 Å². The molecule has 154 valence electrons. The number of nitrogens with zero attached hydrogens (tertiary/aromatic N) is 2. The van der Waals surface area contributed by atoms with Crippen LogP contribution in [0.1, 0.15) is 5.56 Å². The molecule has 0 aliphatic carbocycles. The number of fused-ring (bicyclic) bond motifs is 2. The standard InChI is InChI=1S/C22H22ClN5O2/c1-12-3-4-16-20(27-22(29)26-16)19(12)13-10-17-14(9-15(13)23)21(18(30-2)11-25-17)28-7-5-24-6-8-28/h3-4,9-11,24H,5-8H2,1-2H3,(H2,26,27,29). The number of anilines is 1. The molecule has 3 heterocycles. The quantitative estimate of drug-likeness (QED) is 0.470. The molecule has 0 spiro atoms. The maximum atomic E-state index is 11.9. The summed E-state index contributed by atoms with van der Waals surface area (Å²) in [6.45, 7) is 5.62. The van der Waals surface area contributed by atoms with Crippen LogP contribution >= 0.6 is 11.6 Å². The smallest absolute Gasteiger partial charge is 0.323 e. The number of ether oxygens (including phenoxy) is 1. The third kappa shape index (κ3) is 3.02. The van der Waals surface area contributed by atoms with Gasteiger partial charge in [-0.15, -0.1) is 0 Å². The SMILES string of the molecule is COc1cnc2cc(-c3c(C)ccc4[nH]c(=O)[nH]c34)c(Cl)cc2c1N1CCNCC1. The van der Waals surface area contributed by atoms with Crippen LogP contribution in [-0.2, 0) is 0 Å². The number of halogens is 1. The molecule has 1 fully saturated rings. The van der Waals surface area contributed by atoms with E-state index in [2.05, 4.69) is 25.2 Å². The Morgan fingerprint density at radius 2 is 1.97 bits per heavy atom. The van der Waals surface area contributed by atoms with Crippen molar-refractivity contribution < 1.29 is 4.74 Å². The number of aryl methyl sites for hydroxylation is 1. The maximum Gasteiger partial charge on any atom is 0.323 e. The molecule has 0 bridgehead atoms. The number of imidazole rings is 1. The number of benzene rings is 2. The average Bonchev–Trinajstić information content (AvgIpc) is 3.13. The van der Waals surface area contributed by atoms with Crippen LogP contribution in [0.25, 0.3) is 33.1 Å². The molecule has 2 aromatic carbocycles. The second kappa shape index (κ2) is 7.34. The van der Waals surface area contributed by atoms with E-state index in [4.69, 9.17) is 16.3 Å². The van der Waals surface area contributed by atoms with E-state index in [1.807, 2.05) is 31.2 Å². The number of hydrogen-bond acceptors (Lipinski definition) is 5. The first kappa shape index (κ1) is 19.0. The molecule has 30 heavy (non-hydrogen) atoms. The summed E-state index contributed by atoms with van der Waals surface area (Å²) >= 11 is 6.82.